The fourth-order valence-electron chi connectivity index (χ4n) is 2.56. The smallest absolute Gasteiger partial charge is 0.207 e. The van der Waals surface area contributed by atoms with E-state index in [1.54, 1.807) is 0 Å². The summed E-state index contributed by atoms with van der Waals surface area (Å²) in [5.74, 6) is 0.830. The number of carbonyl (C=O) groups excluding carboxylic acids is 1. The van der Waals surface area contributed by atoms with Gasteiger partial charge in [-0.15, -0.1) is 0 Å². The third kappa shape index (κ3) is 3.22. The maximum absolute atomic E-state index is 10.8. The van der Waals surface area contributed by atoms with Crippen molar-refractivity contribution in [2.45, 2.75) is 19.1 Å². The highest BCUT2D eigenvalue weighted by molar-refractivity contribution is 5.49. The molecule has 1 saturated heterocycles. The molecule has 1 fully saturated rings. The number of benzene rings is 2. The van der Waals surface area contributed by atoms with E-state index >= 15 is 0 Å². The van der Waals surface area contributed by atoms with Gasteiger partial charge in [0.1, 0.15) is 13.2 Å². The van der Waals surface area contributed by atoms with Crippen LogP contribution in [0.1, 0.15) is 19.9 Å². The van der Waals surface area contributed by atoms with Crippen LogP contribution in [0.4, 0.5) is 5.69 Å². The van der Waals surface area contributed by atoms with Crippen LogP contribution in [-0.2, 0) is 4.79 Å². The lowest BCUT2D eigenvalue weighted by Crippen LogP contribution is -2.54. The molecule has 4 heteroatoms. The van der Waals surface area contributed by atoms with Gasteiger partial charge in [0.25, 0.3) is 0 Å². The van der Waals surface area contributed by atoms with E-state index < -0.39 is 6.39 Å². The summed E-state index contributed by atoms with van der Waals surface area (Å²) in [4.78, 5) is 13.0. The minimum atomic E-state index is -0.770. The zero-order chi connectivity index (χ0) is 16.2. The molecular formula is C18H20N2O2. The maximum atomic E-state index is 10.8. The van der Waals surface area contributed by atoms with E-state index in [1.165, 1.54) is 5.69 Å². The number of para-hydroxylation sites is 1. The molecular weight excluding hydrogens is 276 g/mol. The number of rotatable bonds is 5. The number of ether oxygens (including phenoxy) is 1. The van der Waals surface area contributed by atoms with E-state index in [0.717, 1.165) is 24.4 Å². The molecule has 0 saturated carbocycles. The zero-order valence-corrected chi connectivity index (χ0v) is 12.5. The van der Waals surface area contributed by atoms with E-state index in [9.17, 15) is 4.79 Å². The van der Waals surface area contributed by atoms with Gasteiger partial charge in [0.05, 0.1) is 19.1 Å². The van der Waals surface area contributed by atoms with Crippen LogP contribution < -0.4 is 15.0 Å². The number of anilines is 1. The molecule has 4 nitrogen and oxygen atoms in total. The minimum Gasteiger partial charge on any atom is -0.487 e. The zero-order valence-electron chi connectivity index (χ0n) is 13.5. The van der Waals surface area contributed by atoms with E-state index in [4.69, 9.17) is 6.11 Å². The van der Waals surface area contributed by atoms with Crippen molar-refractivity contribution >= 4 is 12.1 Å². The van der Waals surface area contributed by atoms with Gasteiger partial charge in [0.2, 0.25) is 6.39 Å². The van der Waals surface area contributed by atoms with Gasteiger partial charge >= 0.3 is 0 Å². The molecule has 1 atom stereocenters. The van der Waals surface area contributed by atoms with Crippen molar-refractivity contribution in [3.8, 4) is 5.75 Å². The van der Waals surface area contributed by atoms with Gasteiger partial charge in [-0.3, -0.25) is 4.79 Å². The fraction of sp³-hybridized carbons (Fsp3) is 0.278. The monoisotopic (exact) mass is 298 g/mol. The normalized spacial score (nSPS) is 16.4. The average molecular weight is 298 g/mol. The summed E-state index contributed by atoms with van der Waals surface area (Å²) in [5, 5.41) is 2.55. The molecule has 22 heavy (non-hydrogen) atoms. The highest BCUT2D eigenvalue weighted by Gasteiger charge is 2.28. The number of carbonyl (C=O) groups is 1. The van der Waals surface area contributed by atoms with Crippen molar-refractivity contribution < 1.29 is 10.9 Å². The van der Waals surface area contributed by atoms with Crippen molar-refractivity contribution in [1.29, 1.82) is 0 Å². The summed E-state index contributed by atoms with van der Waals surface area (Å²) in [6.45, 7) is 3.63. The lowest BCUT2D eigenvalue weighted by molar-refractivity contribution is -0.110. The Morgan fingerprint density at radius 2 is 1.91 bits per heavy atom. The molecule has 114 valence electrons. The van der Waals surface area contributed by atoms with Crippen LogP contribution in [0, 0.1) is 0 Å². The van der Waals surface area contributed by atoms with Crippen LogP contribution in [0.5, 0.6) is 5.75 Å². The lowest BCUT2D eigenvalue weighted by atomic mass is 10.1. The quantitative estimate of drug-likeness (QED) is 0.863. The van der Waals surface area contributed by atoms with Gasteiger partial charge in [-0.05, 0) is 36.8 Å². The molecule has 0 unspecified atom stereocenters. The van der Waals surface area contributed by atoms with Crippen LogP contribution >= 0.6 is 0 Å². The van der Waals surface area contributed by atoms with Crippen molar-refractivity contribution in [1.82, 2.24) is 5.32 Å². The highest BCUT2D eigenvalue weighted by Crippen LogP contribution is 2.24. The van der Waals surface area contributed by atoms with Crippen LogP contribution in [0.3, 0.4) is 0 Å². The Morgan fingerprint density at radius 1 is 1.23 bits per heavy atom. The summed E-state index contributed by atoms with van der Waals surface area (Å²) < 4.78 is 12.9. The first-order valence-electron chi connectivity index (χ1n) is 7.95. The predicted octanol–water partition coefficient (Wildman–Crippen LogP) is 2.76. The molecule has 0 bridgehead atoms. The second kappa shape index (κ2) is 6.52. The Labute approximate surface area is 132 Å². The fourth-order valence-corrected chi connectivity index (χ4v) is 2.56. The van der Waals surface area contributed by atoms with Gasteiger partial charge in [0.15, 0.2) is 0 Å². The van der Waals surface area contributed by atoms with Gasteiger partial charge in [0, 0.05) is 5.69 Å². The number of hydrogen-bond donors (Lipinski definition) is 1. The Bertz CT molecular complexity index is 654. The van der Waals surface area contributed by atoms with Gasteiger partial charge in [-0.2, -0.15) is 0 Å². The first kappa shape index (κ1) is 13.2. The second-order valence-corrected chi connectivity index (χ2v) is 5.52. The molecule has 0 aliphatic carbocycles. The first-order valence-corrected chi connectivity index (χ1v) is 7.45. The SMILES string of the molecule is [3H]C(=O)N[C@@H](C)c1ccc(OC2CN(c3ccccc3)C2)cc1. The number of nitrogens with zero attached hydrogens (tertiary/aromatic N) is 1. The van der Waals surface area contributed by atoms with Gasteiger partial charge in [-0.1, -0.05) is 30.3 Å². The third-order valence-electron chi connectivity index (χ3n) is 3.93. The minimum absolute atomic E-state index is 0.175. The molecule has 2 aromatic carbocycles. The summed E-state index contributed by atoms with van der Waals surface area (Å²) in [5.41, 5.74) is 2.18. The standard InChI is InChI=1S/C18H20N2O2/c1-14(19-13-21)15-7-9-17(10-8-15)22-18-11-20(12-18)16-5-3-2-4-6-16/h2-10,13-14,18H,11-12H2,1H3,(H,19,21)/t14-/m0/s1/i13T. The second-order valence-electron chi connectivity index (χ2n) is 5.52. The first-order chi connectivity index (χ1) is 11.1. The molecule has 1 aliphatic heterocycles. The molecule has 0 aromatic heterocycles. The summed E-state index contributed by atoms with van der Waals surface area (Å²) in [7, 11) is 0. The molecule has 2 aromatic rings. The molecule has 1 heterocycles. The van der Waals surface area contributed by atoms with Crippen molar-refractivity contribution in [3.05, 3.63) is 60.2 Å². The van der Waals surface area contributed by atoms with E-state index in [-0.39, 0.29) is 12.1 Å². The van der Waals surface area contributed by atoms with E-state index in [1.807, 2.05) is 49.4 Å². The summed E-state index contributed by atoms with van der Waals surface area (Å²) in [6, 6.07) is 17.8. The average Bonchev–Trinajstić information content (AvgIpc) is 2.51. The Morgan fingerprint density at radius 3 is 2.55 bits per heavy atom. The Hall–Kier alpha value is -2.49. The van der Waals surface area contributed by atoms with Crippen LogP contribution in [0.25, 0.3) is 0 Å². The lowest BCUT2D eigenvalue weighted by Gasteiger charge is -2.40. The van der Waals surface area contributed by atoms with Crippen molar-refractivity contribution in [2.75, 3.05) is 18.0 Å². The molecule has 1 aliphatic rings. The summed E-state index contributed by atoms with van der Waals surface area (Å²) in [6.07, 6.45) is -0.570. The maximum Gasteiger partial charge on any atom is 0.207 e. The van der Waals surface area contributed by atoms with Crippen molar-refractivity contribution in [2.24, 2.45) is 0 Å². The van der Waals surface area contributed by atoms with Crippen LogP contribution in [-0.4, -0.2) is 25.6 Å². The van der Waals surface area contributed by atoms with E-state index in [0.29, 0.717) is 0 Å². The van der Waals surface area contributed by atoms with E-state index in [2.05, 4.69) is 22.3 Å². The number of amides is 1. The molecule has 1 N–H and O–H groups in total. The predicted molar refractivity (Wildman–Crippen MR) is 87.1 cm³/mol. The Kier molecular flexibility index (Phi) is 3.91. The van der Waals surface area contributed by atoms with Gasteiger partial charge in [-0.25, -0.2) is 0 Å². The molecule has 3 rings (SSSR count). The Balaban J connectivity index is 1.51. The topological polar surface area (TPSA) is 41.6 Å². The van der Waals surface area contributed by atoms with Crippen LogP contribution in [0.15, 0.2) is 54.6 Å². The van der Waals surface area contributed by atoms with Gasteiger partial charge < -0.3 is 15.0 Å². The number of nitrogens with one attached hydrogen (secondary N) is 1. The molecule has 0 spiro atoms. The summed E-state index contributed by atoms with van der Waals surface area (Å²) >= 11 is 0. The highest BCUT2D eigenvalue weighted by atomic mass is 16.5. The molecule has 1 amide bonds. The third-order valence-corrected chi connectivity index (χ3v) is 3.93. The van der Waals surface area contributed by atoms with Crippen molar-refractivity contribution in [3.63, 3.8) is 0 Å². The number of hydrogen-bond acceptors (Lipinski definition) is 3. The largest absolute Gasteiger partial charge is 0.487 e. The molecule has 0 radical (unpaired) electrons. The van der Waals surface area contributed by atoms with Crippen LogP contribution in [0.2, 0.25) is 0 Å².